The number of aliphatic hydroxyl groups is 1. The minimum absolute atomic E-state index is 0.458. The maximum atomic E-state index is 9.87. The standard InChI is InChI=1S/C12H18N2O2/c1-16-11-4-3-10(8-14-11)7-13-9-12(15)5-2-6-12/h3-4,8,13,15H,2,5-7,9H2,1H3. The molecule has 4 nitrogen and oxygen atoms in total. The van der Waals surface area contributed by atoms with Crippen molar-refractivity contribution in [1.82, 2.24) is 10.3 Å². The molecule has 0 atom stereocenters. The molecule has 1 saturated carbocycles. The van der Waals surface area contributed by atoms with Gasteiger partial charge in [-0.15, -0.1) is 0 Å². The number of methoxy groups -OCH3 is 1. The minimum atomic E-state index is -0.458. The molecule has 88 valence electrons. The lowest BCUT2D eigenvalue weighted by Gasteiger charge is -2.36. The lowest BCUT2D eigenvalue weighted by Crippen LogP contribution is -2.45. The second-order valence-corrected chi connectivity index (χ2v) is 4.39. The van der Waals surface area contributed by atoms with Crippen molar-refractivity contribution in [2.24, 2.45) is 0 Å². The molecule has 0 saturated heterocycles. The number of pyridine rings is 1. The first-order valence-corrected chi connectivity index (χ1v) is 5.64. The molecule has 1 heterocycles. The number of ether oxygens (including phenoxy) is 1. The summed E-state index contributed by atoms with van der Waals surface area (Å²) in [7, 11) is 1.60. The number of rotatable bonds is 5. The van der Waals surface area contributed by atoms with Gasteiger partial charge in [-0.1, -0.05) is 6.07 Å². The highest BCUT2D eigenvalue weighted by Gasteiger charge is 2.33. The molecule has 1 aromatic heterocycles. The minimum Gasteiger partial charge on any atom is -0.481 e. The third kappa shape index (κ3) is 2.71. The number of aromatic nitrogens is 1. The summed E-state index contributed by atoms with van der Waals surface area (Å²) in [5, 5.41) is 13.1. The zero-order valence-corrected chi connectivity index (χ0v) is 9.57. The highest BCUT2D eigenvalue weighted by atomic mass is 16.5. The quantitative estimate of drug-likeness (QED) is 0.783. The molecule has 0 aliphatic heterocycles. The third-order valence-electron chi connectivity index (χ3n) is 3.07. The smallest absolute Gasteiger partial charge is 0.212 e. The van der Waals surface area contributed by atoms with E-state index in [0.717, 1.165) is 31.4 Å². The van der Waals surface area contributed by atoms with Crippen LogP contribution in [-0.4, -0.2) is 29.3 Å². The maximum Gasteiger partial charge on any atom is 0.212 e. The second kappa shape index (κ2) is 4.80. The lowest BCUT2D eigenvalue weighted by atomic mass is 9.80. The summed E-state index contributed by atoms with van der Waals surface area (Å²) in [4.78, 5) is 4.12. The summed E-state index contributed by atoms with van der Waals surface area (Å²) in [5.74, 6) is 0.626. The predicted octanol–water partition coefficient (Wildman–Crippen LogP) is 1.09. The van der Waals surface area contributed by atoms with Crippen LogP contribution in [0.1, 0.15) is 24.8 Å². The first-order valence-electron chi connectivity index (χ1n) is 5.64. The van der Waals surface area contributed by atoms with E-state index in [2.05, 4.69) is 10.3 Å². The molecule has 1 aliphatic rings. The largest absolute Gasteiger partial charge is 0.481 e. The highest BCUT2D eigenvalue weighted by Crippen LogP contribution is 2.30. The van der Waals surface area contributed by atoms with Crippen LogP contribution in [0.3, 0.4) is 0 Å². The third-order valence-corrected chi connectivity index (χ3v) is 3.07. The van der Waals surface area contributed by atoms with Gasteiger partial charge in [0.25, 0.3) is 0 Å². The van der Waals surface area contributed by atoms with Gasteiger partial charge in [-0.25, -0.2) is 4.98 Å². The summed E-state index contributed by atoms with van der Waals surface area (Å²) >= 11 is 0. The van der Waals surface area contributed by atoms with Crippen LogP contribution in [0.2, 0.25) is 0 Å². The van der Waals surface area contributed by atoms with Gasteiger partial charge in [0.05, 0.1) is 12.7 Å². The van der Waals surface area contributed by atoms with Crippen molar-refractivity contribution in [2.75, 3.05) is 13.7 Å². The molecule has 2 rings (SSSR count). The van der Waals surface area contributed by atoms with Gasteiger partial charge in [-0.3, -0.25) is 0 Å². The van der Waals surface area contributed by atoms with Crippen LogP contribution in [0, 0.1) is 0 Å². The van der Waals surface area contributed by atoms with Crippen molar-refractivity contribution in [3.05, 3.63) is 23.9 Å². The van der Waals surface area contributed by atoms with Crippen molar-refractivity contribution >= 4 is 0 Å². The van der Waals surface area contributed by atoms with Crippen LogP contribution in [0.5, 0.6) is 5.88 Å². The Bertz CT molecular complexity index is 333. The van der Waals surface area contributed by atoms with E-state index in [1.54, 1.807) is 13.3 Å². The van der Waals surface area contributed by atoms with Gasteiger partial charge in [0.15, 0.2) is 0 Å². The van der Waals surface area contributed by atoms with E-state index in [4.69, 9.17) is 4.74 Å². The Hall–Kier alpha value is -1.13. The summed E-state index contributed by atoms with van der Waals surface area (Å²) in [5.41, 5.74) is 0.642. The number of hydrogen-bond donors (Lipinski definition) is 2. The van der Waals surface area contributed by atoms with Gasteiger partial charge in [0, 0.05) is 25.4 Å². The molecule has 0 unspecified atom stereocenters. The van der Waals surface area contributed by atoms with Crippen LogP contribution in [0.15, 0.2) is 18.3 Å². The molecule has 1 aromatic rings. The van der Waals surface area contributed by atoms with Crippen LogP contribution in [-0.2, 0) is 6.54 Å². The maximum absolute atomic E-state index is 9.87. The molecule has 1 fully saturated rings. The molecule has 0 aromatic carbocycles. The van der Waals surface area contributed by atoms with Crippen molar-refractivity contribution < 1.29 is 9.84 Å². The van der Waals surface area contributed by atoms with Crippen molar-refractivity contribution in [3.8, 4) is 5.88 Å². The van der Waals surface area contributed by atoms with Gasteiger partial charge >= 0.3 is 0 Å². The van der Waals surface area contributed by atoms with E-state index in [-0.39, 0.29) is 0 Å². The van der Waals surface area contributed by atoms with Gasteiger partial charge in [0.2, 0.25) is 5.88 Å². The van der Waals surface area contributed by atoms with E-state index in [9.17, 15) is 5.11 Å². The van der Waals surface area contributed by atoms with Crippen LogP contribution in [0.4, 0.5) is 0 Å². The first kappa shape index (κ1) is 11.4. The topological polar surface area (TPSA) is 54.4 Å². The van der Waals surface area contributed by atoms with Gasteiger partial charge in [-0.05, 0) is 24.8 Å². The Morgan fingerprint density at radius 3 is 2.81 bits per heavy atom. The Balaban J connectivity index is 1.76. The average Bonchev–Trinajstić information content (AvgIpc) is 2.28. The van der Waals surface area contributed by atoms with Gasteiger partial charge in [0.1, 0.15) is 0 Å². The monoisotopic (exact) mass is 222 g/mol. The molecule has 0 amide bonds. The summed E-state index contributed by atoms with van der Waals surface area (Å²) in [6, 6.07) is 3.82. The van der Waals surface area contributed by atoms with E-state index in [1.807, 2.05) is 12.1 Å². The zero-order chi connectivity index (χ0) is 11.4. The zero-order valence-electron chi connectivity index (χ0n) is 9.57. The van der Waals surface area contributed by atoms with E-state index in [0.29, 0.717) is 12.4 Å². The van der Waals surface area contributed by atoms with Gasteiger partial charge < -0.3 is 15.2 Å². The summed E-state index contributed by atoms with van der Waals surface area (Å²) in [6.45, 7) is 1.40. The number of hydrogen-bond acceptors (Lipinski definition) is 4. The fourth-order valence-electron chi connectivity index (χ4n) is 1.84. The number of nitrogens with zero attached hydrogens (tertiary/aromatic N) is 1. The molecule has 16 heavy (non-hydrogen) atoms. The number of nitrogens with one attached hydrogen (secondary N) is 1. The fraction of sp³-hybridized carbons (Fsp3) is 0.583. The molecule has 4 heteroatoms. The van der Waals surface area contributed by atoms with Crippen molar-refractivity contribution in [2.45, 2.75) is 31.4 Å². The Morgan fingerprint density at radius 2 is 2.31 bits per heavy atom. The Kier molecular flexibility index (Phi) is 3.41. The van der Waals surface area contributed by atoms with Crippen LogP contribution >= 0.6 is 0 Å². The predicted molar refractivity (Wildman–Crippen MR) is 61.3 cm³/mol. The SMILES string of the molecule is COc1ccc(CNCC2(O)CCC2)cn1. The van der Waals surface area contributed by atoms with Crippen LogP contribution < -0.4 is 10.1 Å². The summed E-state index contributed by atoms with van der Waals surface area (Å²) in [6.07, 6.45) is 4.76. The van der Waals surface area contributed by atoms with E-state index >= 15 is 0 Å². The molecule has 0 radical (unpaired) electrons. The van der Waals surface area contributed by atoms with Crippen molar-refractivity contribution in [1.29, 1.82) is 0 Å². The molecule has 0 spiro atoms. The molecule has 1 aliphatic carbocycles. The van der Waals surface area contributed by atoms with Crippen LogP contribution in [0.25, 0.3) is 0 Å². The lowest BCUT2D eigenvalue weighted by molar-refractivity contribution is -0.0314. The molecular weight excluding hydrogens is 204 g/mol. The molecular formula is C12H18N2O2. The first-order chi connectivity index (χ1) is 7.72. The van der Waals surface area contributed by atoms with E-state index in [1.165, 1.54) is 0 Å². The molecule has 2 N–H and O–H groups in total. The summed E-state index contributed by atoms with van der Waals surface area (Å²) < 4.78 is 4.98. The average molecular weight is 222 g/mol. The fourth-order valence-corrected chi connectivity index (χ4v) is 1.84. The normalized spacial score (nSPS) is 17.9. The van der Waals surface area contributed by atoms with Gasteiger partial charge in [-0.2, -0.15) is 0 Å². The van der Waals surface area contributed by atoms with E-state index < -0.39 is 5.60 Å². The van der Waals surface area contributed by atoms with Crippen molar-refractivity contribution in [3.63, 3.8) is 0 Å². The Morgan fingerprint density at radius 1 is 1.50 bits per heavy atom. The Labute approximate surface area is 95.7 Å². The highest BCUT2D eigenvalue weighted by molar-refractivity contribution is 5.17. The molecule has 0 bridgehead atoms. The second-order valence-electron chi connectivity index (χ2n) is 4.39.